The number of hydrogen-bond donors (Lipinski definition) is 2. The van der Waals surface area contributed by atoms with E-state index in [2.05, 4.69) is 10.3 Å². The summed E-state index contributed by atoms with van der Waals surface area (Å²) in [6.45, 7) is 0.732. The van der Waals surface area contributed by atoms with Gasteiger partial charge in [0.05, 0.1) is 14.2 Å². The molecule has 0 bridgehead atoms. The lowest BCUT2D eigenvalue weighted by molar-refractivity contribution is 0.0945. The first-order valence-electron chi connectivity index (χ1n) is 6.81. The van der Waals surface area contributed by atoms with E-state index >= 15 is 0 Å². The van der Waals surface area contributed by atoms with Gasteiger partial charge in [0.1, 0.15) is 17.8 Å². The average Bonchev–Trinajstić information content (AvgIpc) is 3.01. The predicted molar refractivity (Wildman–Crippen MR) is 80.0 cm³/mol. The number of carbonyl (C=O) groups excluding carboxylic acids is 1. The van der Waals surface area contributed by atoms with Crippen LogP contribution in [0.3, 0.4) is 0 Å². The predicted octanol–water partition coefficient (Wildman–Crippen LogP) is 1.12. The van der Waals surface area contributed by atoms with E-state index in [9.17, 15) is 4.79 Å². The van der Waals surface area contributed by atoms with Gasteiger partial charge in [-0.1, -0.05) is 0 Å². The molecule has 2 aromatic rings. The lowest BCUT2D eigenvalue weighted by Gasteiger charge is -2.10. The van der Waals surface area contributed by atoms with Crippen molar-refractivity contribution in [1.82, 2.24) is 10.3 Å². The quantitative estimate of drug-likeness (QED) is 0.795. The molecule has 0 spiro atoms. The molecule has 7 nitrogen and oxygen atoms in total. The van der Waals surface area contributed by atoms with Crippen molar-refractivity contribution in [2.45, 2.75) is 13.0 Å². The lowest BCUT2D eigenvalue weighted by atomic mass is 10.2. The van der Waals surface area contributed by atoms with E-state index in [0.717, 1.165) is 5.56 Å². The monoisotopic (exact) mass is 305 g/mol. The highest BCUT2D eigenvalue weighted by molar-refractivity contribution is 5.91. The molecular weight excluding hydrogens is 286 g/mol. The van der Waals surface area contributed by atoms with Gasteiger partial charge in [0.2, 0.25) is 0 Å². The normalized spacial score (nSPS) is 10.3. The molecule has 1 heterocycles. The van der Waals surface area contributed by atoms with Crippen LogP contribution in [0.2, 0.25) is 0 Å². The molecule has 0 aliphatic heterocycles. The Morgan fingerprint density at radius 3 is 2.86 bits per heavy atom. The number of nitrogens with two attached hydrogens (primary N) is 1. The second kappa shape index (κ2) is 7.46. The van der Waals surface area contributed by atoms with Gasteiger partial charge >= 0.3 is 0 Å². The molecule has 0 fully saturated rings. The Bertz CT molecular complexity index is 639. The summed E-state index contributed by atoms with van der Waals surface area (Å²) in [5, 5.41) is 2.77. The zero-order chi connectivity index (χ0) is 15.9. The Labute approximate surface area is 128 Å². The molecule has 1 aromatic heterocycles. The van der Waals surface area contributed by atoms with E-state index in [1.165, 1.54) is 6.26 Å². The van der Waals surface area contributed by atoms with Gasteiger partial charge in [-0.05, 0) is 12.1 Å². The van der Waals surface area contributed by atoms with Crippen LogP contribution in [0.4, 0.5) is 0 Å². The standard InChI is InChI=1S/C15H19N3O4/c1-20-11-4-3-10(13(7-11)21-2)8-17-15(19)12-9-22-14(18-12)5-6-16/h3-4,7,9H,5-6,8,16H2,1-2H3,(H,17,19). The van der Waals surface area contributed by atoms with Crippen molar-refractivity contribution in [3.05, 3.63) is 41.6 Å². The van der Waals surface area contributed by atoms with Gasteiger partial charge in [-0.25, -0.2) is 4.98 Å². The highest BCUT2D eigenvalue weighted by Gasteiger charge is 2.13. The number of amides is 1. The zero-order valence-electron chi connectivity index (χ0n) is 12.6. The minimum Gasteiger partial charge on any atom is -0.497 e. The van der Waals surface area contributed by atoms with E-state index in [-0.39, 0.29) is 11.6 Å². The van der Waals surface area contributed by atoms with Gasteiger partial charge in [0.15, 0.2) is 11.6 Å². The molecule has 0 radical (unpaired) electrons. The second-order valence-electron chi connectivity index (χ2n) is 4.53. The van der Waals surface area contributed by atoms with Crippen molar-refractivity contribution in [3.8, 4) is 11.5 Å². The second-order valence-corrected chi connectivity index (χ2v) is 4.53. The average molecular weight is 305 g/mol. The summed E-state index contributed by atoms with van der Waals surface area (Å²) in [4.78, 5) is 16.1. The third-order valence-corrected chi connectivity index (χ3v) is 3.08. The minimum atomic E-state index is -0.315. The summed E-state index contributed by atoms with van der Waals surface area (Å²) in [5.74, 6) is 1.47. The summed E-state index contributed by atoms with van der Waals surface area (Å²) in [6, 6.07) is 5.40. The number of hydrogen-bond acceptors (Lipinski definition) is 6. The molecule has 1 aromatic carbocycles. The van der Waals surface area contributed by atoms with Gasteiger partial charge < -0.3 is 24.9 Å². The lowest BCUT2D eigenvalue weighted by Crippen LogP contribution is -2.23. The third-order valence-electron chi connectivity index (χ3n) is 3.08. The van der Waals surface area contributed by atoms with Crippen LogP contribution < -0.4 is 20.5 Å². The van der Waals surface area contributed by atoms with Gasteiger partial charge in [-0.15, -0.1) is 0 Å². The molecule has 0 aliphatic carbocycles. The number of oxazole rings is 1. The molecular formula is C15H19N3O4. The van der Waals surface area contributed by atoms with Crippen molar-refractivity contribution < 1.29 is 18.7 Å². The highest BCUT2D eigenvalue weighted by Crippen LogP contribution is 2.24. The van der Waals surface area contributed by atoms with Crippen molar-refractivity contribution in [3.63, 3.8) is 0 Å². The maximum absolute atomic E-state index is 12.0. The van der Waals surface area contributed by atoms with Crippen molar-refractivity contribution in [1.29, 1.82) is 0 Å². The molecule has 0 aliphatic rings. The molecule has 0 saturated heterocycles. The Morgan fingerprint density at radius 2 is 2.18 bits per heavy atom. The van der Waals surface area contributed by atoms with Crippen LogP contribution in [0.25, 0.3) is 0 Å². The highest BCUT2D eigenvalue weighted by atomic mass is 16.5. The molecule has 22 heavy (non-hydrogen) atoms. The molecule has 0 atom stereocenters. The molecule has 0 saturated carbocycles. The summed E-state index contributed by atoms with van der Waals surface area (Å²) < 4.78 is 15.6. The zero-order valence-corrected chi connectivity index (χ0v) is 12.6. The fourth-order valence-electron chi connectivity index (χ4n) is 1.92. The maximum Gasteiger partial charge on any atom is 0.273 e. The summed E-state index contributed by atoms with van der Waals surface area (Å²) in [5.41, 5.74) is 6.48. The van der Waals surface area contributed by atoms with Crippen molar-refractivity contribution in [2.75, 3.05) is 20.8 Å². The van der Waals surface area contributed by atoms with E-state index in [1.807, 2.05) is 6.07 Å². The maximum atomic E-state index is 12.0. The number of ether oxygens (including phenoxy) is 2. The van der Waals surface area contributed by atoms with E-state index in [0.29, 0.717) is 36.9 Å². The van der Waals surface area contributed by atoms with Crippen LogP contribution in [0.1, 0.15) is 21.9 Å². The van der Waals surface area contributed by atoms with E-state index < -0.39 is 0 Å². The van der Waals surface area contributed by atoms with E-state index in [1.54, 1.807) is 26.4 Å². The smallest absolute Gasteiger partial charge is 0.273 e. The summed E-state index contributed by atoms with van der Waals surface area (Å²) >= 11 is 0. The molecule has 1 amide bonds. The molecule has 0 unspecified atom stereocenters. The summed E-state index contributed by atoms with van der Waals surface area (Å²) in [7, 11) is 3.15. The van der Waals surface area contributed by atoms with Crippen LogP contribution in [0, 0.1) is 0 Å². The first-order valence-corrected chi connectivity index (χ1v) is 6.81. The Balaban J connectivity index is 2.01. The van der Waals surface area contributed by atoms with Gasteiger partial charge in [0.25, 0.3) is 5.91 Å². The van der Waals surface area contributed by atoms with Gasteiger partial charge in [-0.2, -0.15) is 0 Å². The SMILES string of the molecule is COc1ccc(CNC(=O)c2coc(CCN)n2)c(OC)c1. The number of rotatable bonds is 7. The molecule has 2 rings (SSSR count). The molecule has 118 valence electrons. The number of benzene rings is 1. The first kappa shape index (κ1) is 15.8. The topological polar surface area (TPSA) is 99.6 Å². The fourth-order valence-corrected chi connectivity index (χ4v) is 1.92. The van der Waals surface area contributed by atoms with Gasteiger partial charge in [0, 0.05) is 31.1 Å². The molecule has 7 heteroatoms. The number of carbonyl (C=O) groups is 1. The third kappa shape index (κ3) is 3.76. The Morgan fingerprint density at radius 1 is 1.36 bits per heavy atom. The summed E-state index contributed by atoms with van der Waals surface area (Å²) in [6.07, 6.45) is 1.82. The first-order chi connectivity index (χ1) is 10.7. The Hall–Kier alpha value is -2.54. The number of nitrogens with one attached hydrogen (secondary N) is 1. The number of methoxy groups -OCH3 is 2. The van der Waals surface area contributed by atoms with Gasteiger partial charge in [-0.3, -0.25) is 4.79 Å². The van der Waals surface area contributed by atoms with Crippen molar-refractivity contribution in [2.24, 2.45) is 5.73 Å². The van der Waals surface area contributed by atoms with Crippen LogP contribution >= 0.6 is 0 Å². The number of aromatic nitrogens is 1. The van der Waals surface area contributed by atoms with E-state index in [4.69, 9.17) is 19.6 Å². The molecule has 3 N–H and O–H groups in total. The minimum absolute atomic E-state index is 0.232. The van der Waals surface area contributed by atoms with Crippen molar-refractivity contribution >= 4 is 5.91 Å². The largest absolute Gasteiger partial charge is 0.497 e. The van der Waals surface area contributed by atoms with Crippen LogP contribution in [-0.4, -0.2) is 31.7 Å². The Kier molecular flexibility index (Phi) is 5.37. The number of nitrogens with zero attached hydrogens (tertiary/aromatic N) is 1. The van der Waals surface area contributed by atoms with Crippen LogP contribution in [-0.2, 0) is 13.0 Å². The van der Waals surface area contributed by atoms with Crippen LogP contribution in [0.15, 0.2) is 28.9 Å². The fraction of sp³-hybridized carbons (Fsp3) is 0.333. The van der Waals surface area contributed by atoms with Crippen LogP contribution in [0.5, 0.6) is 11.5 Å².